The van der Waals surface area contributed by atoms with Crippen LogP contribution in [0.2, 0.25) is 0 Å². The Morgan fingerprint density at radius 1 is 1.36 bits per heavy atom. The monoisotopic (exact) mass is 325 g/mol. The number of nitrogens with zero attached hydrogens (tertiary/aromatic N) is 2. The second kappa shape index (κ2) is 7.48. The predicted molar refractivity (Wildman–Crippen MR) is 83.5 cm³/mol. The highest BCUT2D eigenvalue weighted by atomic mass is 32.1. The average molecular weight is 325 g/mol. The minimum Gasteiger partial charge on any atom is -0.477 e. The minimum absolute atomic E-state index is 0.193. The second-order valence-corrected chi connectivity index (χ2v) is 5.46. The quantitative estimate of drug-likeness (QED) is 0.781. The van der Waals surface area contributed by atoms with Gasteiger partial charge < -0.3 is 19.5 Å². The van der Waals surface area contributed by atoms with Gasteiger partial charge in [-0.25, -0.2) is 9.97 Å². The van der Waals surface area contributed by atoms with Crippen molar-refractivity contribution in [2.75, 3.05) is 27.4 Å². The summed E-state index contributed by atoms with van der Waals surface area (Å²) >= 11 is 1.31. The zero-order chi connectivity index (χ0) is 16.1. The first-order valence-electron chi connectivity index (χ1n) is 6.83. The molecule has 2 rings (SSSR count). The molecule has 0 saturated heterocycles. The molecule has 8 heteroatoms. The number of fused-ring (bicyclic) bond motifs is 1. The van der Waals surface area contributed by atoms with E-state index < -0.39 is 6.29 Å². The van der Waals surface area contributed by atoms with Gasteiger partial charge in [0.2, 0.25) is 5.88 Å². The van der Waals surface area contributed by atoms with Crippen molar-refractivity contribution in [2.24, 2.45) is 0 Å². The highest BCUT2D eigenvalue weighted by Crippen LogP contribution is 2.34. The van der Waals surface area contributed by atoms with E-state index in [2.05, 4.69) is 15.3 Å². The number of nitrogens with one attached hydrogen (secondary N) is 1. The van der Waals surface area contributed by atoms with Crippen LogP contribution in [0.1, 0.15) is 22.2 Å². The summed E-state index contributed by atoms with van der Waals surface area (Å²) in [7, 11) is 3.05. The van der Waals surface area contributed by atoms with Crippen LogP contribution in [0.4, 0.5) is 0 Å². The molecule has 0 bridgehead atoms. The van der Waals surface area contributed by atoms with Gasteiger partial charge in [0.15, 0.2) is 6.29 Å². The van der Waals surface area contributed by atoms with Crippen molar-refractivity contribution in [3.63, 3.8) is 0 Å². The molecule has 1 amide bonds. The van der Waals surface area contributed by atoms with E-state index >= 15 is 0 Å². The van der Waals surface area contributed by atoms with Crippen molar-refractivity contribution in [3.8, 4) is 5.88 Å². The molecule has 0 saturated carbocycles. The summed E-state index contributed by atoms with van der Waals surface area (Å²) in [5.74, 6) is 0.314. The number of hydrogen-bond donors (Lipinski definition) is 1. The van der Waals surface area contributed by atoms with Gasteiger partial charge in [-0.3, -0.25) is 4.79 Å². The second-order valence-electron chi connectivity index (χ2n) is 4.46. The van der Waals surface area contributed by atoms with Gasteiger partial charge in [-0.2, -0.15) is 0 Å². The molecule has 0 aliphatic heterocycles. The van der Waals surface area contributed by atoms with Crippen LogP contribution in [0.25, 0.3) is 10.2 Å². The molecule has 0 unspecified atom stereocenters. The molecule has 0 radical (unpaired) electrons. The number of carbonyl (C=O) groups is 1. The third kappa shape index (κ3) is 3.34. The van der Waals surface area contributed by atoms with Gasteiger partial charge in [0, 0.05) is 14.2 Å². The van der Waals surface area contributed by atoms with Crippen molar-refractivity contribution >= 4 is 27.5 Å². The van der Waals surface area contributed by atoms with E-state index in [0.29, 0.717) is 17.4 Å². The van der Waals surface area contributed by atoms with Crippen molar-refractivity contribution in [2.45, 2.75) is 20.1 Å². The first-order valence-corrected chi connectivity index (χ1v) is 7.64. The first kappa shape index (κ1) is 16.6. The highest BCUT2D eigenvalue weighted by molar-refractivity contribution is 7.20. The molecule has 2 heterocycles. The maximum Gasteiger partial charge on any atom is 0.261 e. The number of hydrogen-bond acceptors (Lipinski definition) is 7. The Morgan fingerprint density at radius 2 is 2.09 bits per heavy atom. The predicted octanol–water partition coefficient (Wildman–Crippen LogP) is 1.75. The van der Waals surface area contributed by atoms with E-state index in [9.17, 15) is 4.79 Å². The van der Waals surface area contributed by atoms with Crippen molar-refractivity contribution in [1.82, 2.24) is 15.3 Å². The summed E-state index contributed by atoms with van der Waals surface area (Å²) in [6.07, 6.45) is 0.967. The standard InChI is InChI=1S/C14H19N3O4S/c1-5-21-13-10-8(2)11(22-14(10)17-7-16-13)12(18)15-6-9(19-3)20-4/h7,9H,5-6H2,1-4H3,(H,15,18). The number of aryl methyl sites for hydroxylation is 1. The van der Waals surface area contributed by atoms with Gasteiger partial charge in [-0.15, -0.1) is 11.3 Å². The number of amides is 1. The summed E-state index contributed by atoms with van der Waals surface area (Å²) < 4.78 is 15.6. The van der Waals surface area contributed by atoms with Crippen LogP contribution in [0.5, 0.6) is 5.88 Å². The Kier molecular flexibility index (Phi) is 5.64. The summed E-state index contributed by atoms with van der Waals surface area (Å²) in [4.78, 5) is 22.0. The molecule has 0 aliphatic rings. The Balaban J connectivity index is 2.26. The van der Waals surface area contributed by atoms with Crippen LogP contribution >= 0.6 is 11.3 Å². The molecule has 1 N–H and O–H groups in total. The van der Waals surface area contributed by atoms with E-state index in [-0.39, 0.29) is 12.5 Å². The molecule has 0 fully saturated rings. The molecule has 0 spiro atoms. The van der Waals surface area contributed by atoms with Crippen LogP contribution in [-0.2, 0) is 9.47 Å². The molecular formula is C14H19N3O4S. The summed E-state index contributed by atoms with van der Waals surface area (Å²) in [6.45, 7) is 4.53. The Morgan fingerprint density at radius 3 is 2.73 bits per heavy atom. The van der Waals surface area contributed by atoms with Crippen molar-refractivity contribution in [1.29, 1.82) is 0 Å². The summed E-state index contributed by atoms with van der Waals surface area (Å²) in [5.41, 5.74) is 0.813. The number of thiophene rings is 1. The van der Waals surface area contributed by atoms with E-state index in [4.69, 9.17) is 14.2 Å². The molecule has 120 valence electrons. The third-order valence-electron chi connectivity index (χ3n) is 3.13. The third-order valence-corrected chi connectivity index (χ3v) is 4.33. The molecule has 2 aromatic rings. The van der Waals surface area contributed by atoms with Crippen molar-refractivity contribution < 1.29 is 19.0 Å². The largest absolute Gasteiger partial charge is 0.477 e. The maximum atomic E-state index is 12.3. The van der Waals surface area contributed by atoms with E-state index in [1.54, 1.807) is 0 Å². The lowest BCUT2D eigenvalue weighted by molar-refractivity contribution is -0.0974. The first-order chi connectivity index (χ1) is 10.6. The van der Waals surface area contributed by atoms with Crippen molar-refractivity contribution in [3.05, 3.63) is 16.8 Å². The van der Waals surface area contributed by atoms with Crippen LogP contribution in [0.3, 0.4) is 0 Å². The fourth-order valence-corrected chi connectivity index (χ4v) is 3.08. The van der Waals surface area contributed by atoms with Crippen LogP contribution in [0, 0.1) is 6.92 Å². The summed E-state index contributed by atoms with van der Waals surface area (Å²) in [6, 6.07) is 0. The fourth-order valence-electron chi connectivity index (χ4n) is 2.02. The minimum atomic E-state index is -0.475. The molecule has 22 heavy (non-hydrogen) atoms. The topological polar surface area (TPSA) is 82.6 Å². The normalized spacial score (nSPS) is 11.1. The zero-order valence-corrected chi connectivity index (χ0v) is 13.8. The fraction of sp³-hybridized carbons (Fsp3) is 0.500. The lowest BCUT2D eigenvalue weighted by atomic mass is 10.2. The van der Waals surface area contributed by atoms with Gasteiger partial charge in [0.25, 0.3) is 5.91 Å². The number of ether oxygens (including phenoxy) is 3. The smallest absolute Gasteiger partial charge is 0.261 e. The Labute approximate surface area is 132 Å². The Bertz CT molecular complexity index is 655. The molecule has 0 aliphatic carbocycles. The molecular weight excluding hydrogens is 306 g/mol. The lowest BCUT2D eigenvalue weighted by Gasteiger charge is -2.13. The van der Waals surface area contributed by atoms with Crippen LogP contribution in [0.15, 0.2) is 6.33 Å². The number of aromatic nitrogens is 2. The van der Waals surface area contributed by atoms with Gasteiger partial charge in [-0.1, -0.05) is 0 Å². The number of rotatable bonds is 7. The molecule has 2 aromatic heterocycles. The van der Waals surface area contributed by atoms with Gasteiger partial charge in [-0.05, 0) is 19.4 Å². The van der Waals surface area contributed by atoms with Crippen LogP contribution < -0.4 is 10.1 Å². The number of carbonyl (C=O) groups excluding carboxylic acids is 1. The van der Waals surface area contributed by atoms with Gasteiger partial charge >= 0.3 is 0 Å². The number of methoxy groups -OCH3 is 2. The Hall–Kier alpha value is -1.77. The van der Waals surface area contributed by atoms with E-state index in [1.165, 1.54) is 31.9 Å². The average Bonchev–Trinajstić information content (AvgIpc) is 2.86. The van der Waals surface area contributed by atoms with Gasteiger partial charge in [0.1, 0.15) is 11.2 Å². The SMILES string of the molecule is CCOc1ncnc2sc(C(=O)NCC(OC)OC)c(C)c12. The van der Waals surface area contributed by atoms with Crippen LogP contribution in [-0.4, -0.2) is 49.5 Å². The molecule has 7 nitrogen and oxygen atoms in total. The summed E-state index contributed by atoms with van der Waals surface area (Å²) in [5, 5.41) is 3.57. The lowest BCUT2D eigenvalue weighted by Crippen LogP contribution is -2.34. The molecule has 0 atom stereocenters. The highest BCUT2D eigenvalue weighted by Gasteiger charge is 2.20. The van der Waals surface area contributed by atoms with Gasteiger partial charge in [0.05, 0.1) is 23.4 Å². The maximum absolute atomic E-state index is 12.3. The zero-order valence-electron chi connectivity index (χ0n) is 13.0. The van der Waals surface area contributed by atoms with E-state index in [0.717, 1.165) is 15.8 Å². The van der Waals surface area contributed by atoms with E-state index in [1.807, 2.05) is 13.8 Å². The molecule has 0 aromatic carbocycles.